The molecule has 0 radical (unpaired) electrons. The number of aliphatic hydroxyl groups is 2. The zero-order valence-electron chi connectivity index (χ0n) is 17.3. The highest BCUT2D eigenvalue weighted by molar-refractivity contribution is 6.23. The molecule has 0 amide bonds. The number of aliphatic hydroxyl groups excluding tert-OH is 2. The van der Waals surface area contributed by atoms with E-state index >= 15 is 0 Å². The molecule has 3 rings (SSSR count). The minimum Gasteiger partial charge on any atom is -0.481 e. The fraction of sp³-hybridized carbons (Fsp3) is 0.545. The lowest BCUT2D eigenvalue weighted by molar-refractivity contribution is -0.148. The Bertz CT molecular complexity index is 863. The highest BCUT2D eigenvalue weighted by atomic mass is 16.7. The van der Waals surface area contributed by atoms with E-state index in [0.717, 1.165) is 5.57 Å². The summed E-state index contributed by atoms with van der Waals surface area (Å²) in [5, 5.41) is 39.3. The number of aliphatic carboxylic acids is 2. The van der Waals surface area contributed by atoms with Gasteiger partial charge < -0.3 is 25.3 Å². The Balaban J connectivity index is 2.07. The number of carboxylic acid groups (broad SMARTS) is 2. The van der Waals surface area contributed by atoms with Gasteiger partial charge in [-0.15, -0.1) is 0 Å². The second-order valence-corrected chi connectivity index (χ2v) is 8.62. The zero-order valence-corrected chi connectivity index (χ0v) is 17.3. The number of hydrogen-bond acceptors (Lipinski definition) is 8. The minimum atomic E-state index is -1.12. The maximum atomic E-state index is 12.1. The lowest BCUT2D eigenvalue weighted by Gasteiger charge is -2.39. The van der Waals surface area contributed by atoms with Gasteiger partial charge in [0.05, 0.1) is 24.0 Å². The van der Waals surface area contributed by atoms with Crippen LogP contribution in [0, 0.1) is 23.7 Å². The standard InChI is InChI=1S/C22H27NO9/c23-32-22(31)15-9-12(3-6-18(15)26)19(10-1-4-16(24)13(7-10)20(27)28)11-2-5-17(25)14(8-11)21(29)30/h3,6,9-11,13-14,16-17,24-25H,1-2,4-5,7-8,23H2,(H,27,28)(H,29,30). The Morgan fingerprint density at radius 2 is 1.38 bits per heavy atom. The summed E-state index contributed by atoms with van der Waals surface area (Å²) < 4.78 is 0. The molecular formula is C22H27NO9. The van der Waals surface area contributed by atoms with Crippen molar-refractivity contribution < 1.29 is 44.4 Å². The molecule has 6 atom stereocenters. The van der Waals surface area contributed by atoms with E-state index < -0.39 is 47.7 Å². The normalized spacial score (nSPS) is 32.8. The summed E-state index contributed by atoms with van der Waals surface area (Å²) in [7, 11) is 0. The van der Waals surface area contributed by atoms with Crippen LogP contribution < -0.4 is 5.90 Å². The van der Waals surface area contributed by atoms with E-state index in [2.05, 4.69) is 4.84 Å². The third kappa shape index (κ3) is 4.82. The van der Waals surface area contributed by atoms with Crippen molar-refractivity contribution in [1.29, 1.82) is 0 Å². The van der Waals surface area contributed by atoms with E-state index in [1.54, 1.807) is 0 Å². The highest BCUT2D eigenvalue weighted by Crippen LogP contribution is 2.45. The lowest BCUT2D eigenvalue weighted by Crippen LogP contribution is -2.39. The Labute approximate surface area is 184 Å². The second-order valence-electron chi connectivity index (χ2n) is 8.62. The smallest absolute Gasteiger partial charge is 0.360 e. The largest absolute Gasteiger partial charge is 0.481 e. The van der Waals surface area contributed by atoms with Crippen LogP contribution in [0.1, 0.15) is 38.5 Å². The molecule has 0 bridgehead atoms. The summed E-state index contributed by atoms with van der Waals surface area (Å²) >= 11 is 0. The van der Waals surface area contributed by atoms with Gasteiger partial charge in [0.2, 0.25) is 0 Å². The minimum absolute atomic E-state index is 0.137. The molecule has 0 aliphatic heterocycles. The van der Waals surface area contributed by atoms with Crippen LogP contribution in [-0.2, 0) is 24.0 Å². The second kappa shape index (κ2) is 9.76. The number of hydrogen-bond donors (Lipinski definition) is 5. The first-order valence-corrected chi connectivity index (χ1v) is 10.5. The van der Waals surface area contributed by atoms with Crippen molar-refractivity contribution in [1.82, 2.24) is 0 Å². The molecule has 0 aromatic heterocycles. The van der Waals surface area contributed by atoms with E-state index in [-0.39, 0.29) is 43.1 Å². The highest BCUT2D eigenvalue weighted by Gasteiger charge is 2.42. The van der Waals surface area contributed by atoms with Crippen molar-refractivity contribution in [2.75, 3.05) is 0 Å². The average Bonchev–Trinajstić information content (AvgIpc) is 2.76. The maximum Gasteiger partial charge on any atom is 0.360 e. The van der Waals surface area contributed by atoms with Crippen molar-refractivity contribution >= 4 is 23.7 Å². The van der Waals surface area contributed by atoms with Crippen molar-refractivity contribution in [2.24, 2.45) is 29.6 Å². The van der Waals surface area contributed by atoms with Crippen LogP contribution in [0.4, 0.5) is 0 Å². The number of ketones is 1. The molecule has 2 fully saturated rings. The molecule has 174 valence electrons. The van der Waals surface area contributed by atoms with Crippen molar-refractivity contribution in [3.8, 4) is 0 Å². The molecule has 32 heavy (non-hydrogen) atoms. The lowest BCUT2D eigenvalue weighted by atomic mass is 9.66. The van der Waals surface area contributed by atoms with Gasteiger partial charge >= 0.3 is 17.9 Å². The van der Waals surface area contributed by atoms with Crippen molar-refractivity contribution in [3.63, 3.8) is 0 Å². The molecule has 0 spiro atoms. The first-order valence-electron chi connectivity index (χ1n) is 10.5. The van der Waals surface area contributed by atoms with E-state index in [1.807, 2.05) is 0 Å². The predicted molar refractivity (Wildman–Crippen MR) is 108 cm³/mol. The van der Waals surface area contributed by atoms with Gasteiger partial charge in [-0.2, -0.15) is 5.90 Å². The maximum absolute atomic E-state index is 12.1. The van der Waals surface area contributed by atoms with Gasteiger partial charge in [-0.1, -0.05) is 11.6 Å². The van der Waals surface area contributed by atoms with Crippen LogP contribution in [0.3, 0.4) is 0 Å². The molecule has 3 aliphatic carbocycles. The first-order chi connectivity index (χ1) is 15.1. The monoisotopic (exact) mass is 449 g/mol. The average molecular weight is 449 g/mol. The summed E-state index contributed by atoms with van der Waals surface area (Å²) in [5.41, 5.74) is 0.951. The van der Waals surface area contributed by atoms with Gasteiger partial charge in [-0.25, -0.2) is 4.79 Å². The molecular weight excluding hydrogens is 422 g/mol. The molecule has 0 saturated heterocycles. The first kappa shape index (κ1) is 23.8. The Kier molecular flexibility index (Phi) is 7.27. The fourth-order valence-corrected chi connectivity index (χ4v) is 5.14. The van der Waals surface area contributed by atoms with Gasteiger partial charge in [0.1, 0.15) is 5.57 Å². The van der Waals surface area contributed by atoms with E-state index in [4.69, 9.17) is 5.90 Å². The van der Waals surface area contributed by atoms with Crippen LogP contribution in [0.5, 0.6) is 0 Å². The number of rotatable bonds is 5. The summed E-state index contributed by atoms with van der Waals surface area (Å²) in [6.07, 6.45) is 3.78. The summed E-state index contributed by atoms with van der Waals surface area (Å²) in [6, 6.07) is 0. The molecule has 0 aromatic rings. The van der Waals surface area contributed by atoms with Crippen LogP contribution in [0.25, 0.3) is 0 Å². The van der Waals surface area contributed by atoms with Crippen LogP contribution in [0.2, 0.25) is 0 Å². The quantitative estimate of drug-likeness (QED) is 0.292. The molecule has 3 aliphatic rings. The van der Waals surface area contributed by atoms with Gasteiger partial charge in [-0.05, 0) is 68.1 Å². The summed E-state index contributed by atoms with van der Waals surface area (Å²) in [4.78, 5) is 51.6. The van der Waals surface area contributed by atoms with Crippen LogP contribution >= 0.6 is 0 Å². The number of carbonyl (C=O) groups excluding carboxylic acids is 2. The molecule has 10 nitrogen and oxygen atoms in total. The predicted octanol–water partition coefficient (Wildman–Crippen LogP) is 0.489. The number of nitrogens with two attached hydrogens (primary N) is 1. The topological polar surface area (TPSA) is 184 Å². The number of carbonyl (C=O) groups is 4. The number of allylic oxidation sites excluding steroid dienone is 5. The van der Waals surface area contributed by atoms with Crippen molar-refractivity contribution in [2.45, 2.75) is 50.7 Å². The van der Waals surface area contributed by atoms with Crippen molar-refractivity contribution in [3.05, 3.63) is 34.9 Å². The Hall–Kier alpha value is -2.82. The molecule has 10 heteroatoms. The number of carboxylic acids is 2. The fourth-order valence-electron chi connectivity index (χ4n) is 5.14. The third-order valence-electron chi connectivity index (χ3n) is 6.78. The molecule has 6 N–H and O–H groups in total. The summed E-state index contributed by atoms with van der Waals surface area (Å²) in [6.45, 7) is 0. The third-order valence-corrected chi connectivity index (χ3v) is 6.78. The van der Waals surface area contributed by atoms with Gasteiger partial charge in [0.15, 0.2) is 5.78 Å². The van der Waals surface area contributed by atoms with E-state index in [9.17, 15) is 39.6 Å². The molecule has 0 aromatic carbocycles. The van der Waals surface area contributed by atoms with Gasteiger partial charge in [-0.3, -0.25) is 14.4 Å². The van der Waals surface area contributed by atoms with Crippen LogP contribution in [-0.4, -0.2) is 56.3 Å². The molecule has 2 saturated carbocycles. The van der Waals surface area contributed by atoms with E-state index in [0.29, 0.717) is 18.4 Å². The van der Waals surface area contributed by atoms with E-state index in [1.165, 1.54) is 18.2 Å². The van der Waals surface area contributed by atoms with Crippen LogP contribution in [0.15, 0.2) is 34.9 Å². The summed E-state index contributed by atoms with van der Waals surface area (Å²) in [5.74, 6) is -1.50. The molecule has 0 heterocycles. The van der Waals surface area contributed by atoms with Gasteiger partial charge in [0.25, 0.3) is 0 Å². The SMILES string of the molecule is NOC(=O)C1=CC(=C(C2CCC(O)C(C(=O)O)C2)C2CCC(O)C(C(=O)O)C2)C=CC1=O. The molecule has 6 unspecified atom stereocenters. The zero-order chi connectivity index (χ0) is 23.6. The van der Waals surface area contributed by atoms with Gasteiger partial charge in [0, 0.05) is 0 Å². The Morgan fingerprint density at radius 3 is 1.81 bits per heavy atom. The Morgan fingerprint density at radius 1 is 0.875 bits per heavy atom.